The Balaban J connectivity index is 1.03. The molecule has 3 aromatic rings. The molecule has 2 aliphatic rings. The molecule has 0 saturated heterocycles. The minimum atomic E-state index is -1.06. The lowest BCUT2D eigenvalue weighted by Gasteiger charge is -2.35. The Morgan fingerprint density at radius 3 is 2.94 bits per heavy atom. The van der Waals surface area contributed by atoms with Crippen molar-refractivity contribution in [3.05, 3.63) is 65.5 Å². The first-order chi connectivity index (χ1) is 17.5. The topological polar surface area (TPSA) is 113 Å². The third kappa shape index (κ3) is 5.82. The minimum Gasteiger partial charge on any atom is -0.480 e. The van der Waals surface area contributed by atoms with Gasteiger partial charge in [0.1, 0.15) is 11.9 Å². The molecule has 5 rings (SSSR count). The predicted octanol–water partition coefficient (Wildman–Crippen LogP) is 3.99. The van der Waals surface area contributed by atoms with Crippen molar-refractivity contribution >= 4 is 28.6 Å². The normalized spacial score (nSPS) is 19.6. The van der Waals surface area contributed by atoms with Gasteiger partial charge in [0.15, 0.2) is 0 Å². The number of rotatable bonds is 10. The molecule has 1 fully saturated rings. The van der Waals surface area contributed by atoms with E-state index in [9.17, 15) is 14.7 Å². The van der Waals surface area contributed by atoms with Gasteiger partial charge in [-0.3, -0.25) is 9.78 Å². The molecule has 0 bridgehead atoms. The Morgan fingerprint density at radius 2 is 2.08 bits per heavy atom. The molecule has 3 N–H and O–H groups in total. The zero-order valence-electron chi connectivity index (χ0n) is 20.3. The molecule has 188 valence electrons. The number of nitrogens with one attached hydrogen (secondary N) is 2. The summed E-state index contributed by atoms with van der Waals surface area (Å²) in [5, 5.41) is 16.4. The Bertz CT molecular complexity index is 1240. The summed E-state index contributed by atoms with van der Waals surface area (Å²) in [6.07, 6.45) is 8.36. The number of pyridine rings is 2. The summed E-state index contributed by atoms with van der Waals surface area (Å²) in [4.78, 5) is 33.4. The number of benzene rings is 1. The highest BCUT2D eigenvalue weighted by molar-refractivity contribution is 5.99. The smallest absolute Gasteiger partial charge is 0.326 e. The van der Waals surface area contributed by atoms with E-state index < -0.39 is 17.9 Å². The van der Waals surface area contributed by atoms with Crippen LogP contribution in [0.3, 0.4) is 0 Å². The molecule has 8 nitrogen and oxygen atoms in total. The lowest BCUT2D eigenvalue weighted by molar-refractivity contribution is -0.140. The van der Waals surface area contributed by atoms with Crippen LogP contribution in [0.25, 0.3) is 10.9 Å². The molecule has 1 aromatic carbocycles. The van der Waals surface area contributed by atoms with Gasteiger partial charge in [0.2, 0.25) is 0 Å². The van der Waals surface area contributed by atoms with Crippen molar-refractivity contribution in [2.45, 2.75) is 57.1 Å². The molecular formula is C28H32N4O4. The van der Waals surface area contributed by atoms with Gasteiger partial charge in [-0.2, -0.15) is 0 Å². The molecule has 1 atom stereocenters. The number of aryl methyl sites for hydroxylation is 2. The van der Waals surface area contributed by atoms with Crippen LogP contribution in [-0.4, -0.2) is 52.2 Å². The van der Waals surface area contributed by atoms with Crippen molar-refractivity contribution < 1.29 is 19.4 Å². The van der Waals surface area contributed by atoms with E-state index in [0.717, 1.165) is 61.1 Å². The molecule has 1 aliphatic carbocycles. The van der Waals surface area contributed by atoms with Crippen LogP contribution < -0.4 is 10.6 Å². The third-order valence-corrected chi connectivity index (χ3v) is 7.18. The average molecular weight is 489 g/mol. The van der Waals surface area contributed by atoms with Crippen LogP contribution in [0.15, 0.2) is 48.7 Å². The van der Waals surface area contributed by atoms with Gasteiger partial charge in [-0.15, -0.1) is 0 Å². The number of aliphatic carboxylic acids is 1. The fourth-order valence-corrected chi connectivity index (χ4v) is 4.97. The lowest BCUT2D eigenvalue weighted by Crippen LogP contribution is -2.42. The van der Waals surface area contributed by atoms with Crippen molar-refractivity contribution in [2.75, 3.05) is 18.5 Å². The summed E-state index contributed by atoms with van der Waals surface area (Å²) < 4.78 is 5.91. The molecule has 8 heteroatoms. The van der Waals surface area contributed by atoms with Gasteiger partial charge in [-0.25, -0.2) is 9.78 Å². The molecular weight excluding hydrogens is 456 g/mol. The van der Waals surface area contributed by atoms with E-state index in [2.05, 4.69) is 27.8 Å². The summed E-state index contributed by atoms with van der Waals surface area (Å²) in [6, 6.07) is 12.2. The quantitative estimate of drug-likeness (QED) is 0.395. The molecule has 1 amide bonds. The van der Waals surface area contributed by atoms with Crippen molar-refractivity contribution in [1.82, 2.24) is 15.3 Å². The number of carbonyl (C=O) groups excluding carboxylic acids is 1. The molecule has 1 saturated carbocycles. The van der Waals surface area contributed by atoms with Gasteiger partial charge in [0, 0.05) is 42.4 Å². The van der Waals surface area contributed by atoms with E-state index in [1.54, 1.807) is 30.5 Å². The number of aromatic nitrogens is 2. The number of hydrogen-bond acceptors (Lipinski definition) is 6. The first kappa shape index (κ1) is 24.2. The van der Waals surface area contributed by atoms with E-state index in [1.165, 1.54) is 12.0 Å². The van der Waals surface area contributed by atoms with Gasteiger partial charge in [0.25, 0.3) is 5.91 Å². The van der Waals surface area contributed by atoms with E-state index in [-0.39, 0.29) is 12.5 Å². The highest BCUT2D eigenvalue weighted by Crippen LogP contribution is 2.34. The van der Waals surface area contributed by atoms with Crippen LogP contribution in [0.4, 0.5) is 5.82 Å². The molecule has 2 aromatic heterocycles. The van der Waals surface area contributed by atoms with Crippen LogP contribution in [0.5, 0.6) is 0 Å². The van der Waals surface area contributed by atoms with E-state index in [1.807, 2.05) is 6.07 Å². The fraction of sp³-hybridized carbons (Fsp3) is 0.429. The fourth-order valence-electron chi connectivity index (χ4n) is 4.97. The van der Waals surface area contributed by atoms with Crippen LogP contribution in [0.2, 0.25) is 0 Å². The number of fused-ring (bicyclic) bond motifs is 2. The first-order valence-electron chi connectivity index (χ1n) is 12.8. The van der Waals surface area contributed by atoms with Crippen molar-refractivity contribution in [3.63, 3.8) is 0 Å². The summed E-state index contributed by atoms with van der Waals surface area (Å²) in [6.45, 7) is 1.30. The van der Waals surface area contributed by atoms with Gasteiger partial charge in [0.05, 0.1) is 11.6 Å². The average Bonchev–Trinajstić information content (AvgIpc) is 2.88. The molecule has 1 unspecified atom stereocenters. The number of carbonyl (C=O) groups is 2. The number of carboxylic acid groups (broad SMARTS) is 1. The highest BCUT2D eigenvalue weighted by Gasteiger charge is 2.30. The predicted molar refractivity (Wildman–Crippen MR) is 137 cm³/mol. The second-order valence-corrected chi connectivity index (χ2v) is 9.77. The summed E-state index contributed by atoms with van der Waals surface area (Å²) in [5.41, 5.74) is 3.64. The van der Waals surface area contributed by atoms with E-state index >= 15 is 0 Å². The molecule has 0 spiro atoms. The second kappa shape index (κ2) is 11.0. The van der Waals surface area contributed by atoms with Crippen molar-refractivity contribution in [1.29, 1.82) is 0 Å². The summed E-state index contributed by atoms with van der Waals surface area (Å²) in [7, 11) is 0. The lowest BCUT2D eigenvalue weighted by atomic mass is 9.79. The molecule has 36 heavy (non-hydrogen) atoms. The number of anilines is 1. The monoisotopic (exact) mass is 488 g/mol. The number of amides is 1. The van der Waals surface area contributed by atoms with Crippen LogP contribution in [0.1, 0.15) is 53.7 Å². The van der Waals surface area contributed by atoms with Crippen LogP contribution in [0, 0.1) is 5.92 Å². The SMILES string of the molecule is O=C(NC(CCOC1CC(CCc2ccc3c(n2)NCCC3)C1)C(=O)O)c1ccc2ncccc2c1. The van der Waals surface area contributed by atoms with E-state index in [4.69, 9.17) is 9.72 Å². The van der Waals surface area contributed by atoms with Crippen LogP contribution in [-0.2, 0) is 22.4 Å². The standard InChI is InChI=1S/C28H32N4O4/c33-27(21-7-10-24-20(17-21)4-2-12-29-24)32-25(28(34)35)11-14-36-23-15-18(16-23)5-8-22-9-6-19-3-1-13-30-26(19)31-22/h2,4,6-7,9-10,12,17-18,23,25H,1,3,5,8,11,13-16H2,(H,30,31)(H,32,33)(H,34,35). The molecule has 0 radical (unpaired) electrons. The maximum absolute atomic E-state index is 12.6. The number of hydrogen-bond donors (Lipinski definition) is 3. The van der Waals surface area contributed by atoms with Gasteiger partial charge >= 0.3 is 5.97 Å². The first-order valence-corrected chi connectivity index (χ1v) is 12.8. The zero-order valence-corrected chi connectivity index (χ0v) is 20.3. The minimum absolute atomic E-state index is 0.159. The second-order valence-electron chi connectivity index (χ2n) is 9.77. The van der Waals surface area contributed by atoms with Crippen molar-refractivity contribution in [3.8, 4) is 0 Å². The van der Waals surface area contributed by atoms with Crippen LogP contribution >= 0.6 is 0 Å². The zero-order chi connectivity index (χ0) is 24.9. The Kier molecular flexibility index (Phi) is 7.41. The summed E-state index contributed by atoms with van der Waals surface area (Å²) in [5.74, 6) is 0.181. The number of ether oxygens (including phenoxy) is 1. The van der Waals surface area contributed by atoms with Gasteiger partial charge in [-0.05, 0) is 80.3 Å². The maximum Gasteiger partial charge on any atom is 0.326 e. The Labute approximate surface area is 210 Å². The maximum atomic E-state index is 12.6. The Hall–Kier alpha value is -3.52. The highest BCUT2D eigenvalue weighted by atomic mass is 16.5. The third-order valence-electron chi connectivity index (χ3n) is 7.18. The van der Waals surface area contributed by atoms with E-state index in [0.29, 0.717) is 18.1 Å². The molecule has 1 aliphatic heterocycles. The largest absolute Gasteiger partial charge is 0.480 e. The van der Waals surface area contributed by atoms with Gasteiger partial charge < -0.3 is 20.5 Å². The number of nitrogens with zero attached hydrogens (tertiary/aromatic N) is 2. The summed E-state index contributed by atoms with van der Waals surface area (Å²) >= 11 is 0. The molecule has 3 heterocycles. The number of carboxylic acids is 1. The van der Waals surface area contributed by atoms with Gasteiger partial charge in [-0.1, -0.05) is 12.1 Å². The Morgan fingerprint density at radius 1 is 1.19 bits per heavy atom. The van der Waals surface area contributed by atoms with Crippen molar-refractivity contribution in [2.24, 2.45) is 5.92 Å².